The van der Waals surface area contributed by atoms with Gasteiger partial charge >= 0.3 is 0 Å². The molecule has 2 aromatic carbocycles. The maximum atomic E-state index is 9.08. The van der Waals surface area contributed by atoms with Crippen molar-refractivity contribution >= 4 is 56.6 Å². The minimum absolute atomic E-state index is 0.203. The molecule has 0 unspecified atom stereocenters. The van der Waals surface area contributed by atoms with Crippen molar-refractivity contribution in [1.82, 2.24) is 39.2 Å². The van der Waals surface area contributed by atoms with E-state index in [-0.39, 0.29) is 24.4 Å². The van der Waals surface area contributed by atoms with Crippen molar-refractivity contribution in [1.29, 1.82) is 0 Å². The summed E-state index contributed by atoms with van der Waals surface area (Å²) in [5, 5.41) is 18.9. The van der Waals surface area contributed by atoms with Gasteiger partial charge in [0.05, 0.1) is 20.1 Å². The van der Waals surface area contributed by atoms with E-state index in [4.69, 9.17) is 37.6 Å². The van der Waals surface area contributed by atoms with Crippen LogP contribution in [0.4, 0.5) is 11.9 Å². The third kappa shape index (κ3) is 3.79. The second-order valence-corrected chi connectivity index (χ2v) is 7.74. The number of para-hydroxylation sites is 2. The Morgan fingerprint density at radius 2 is 1.25 bits per heavy atom. The molecule has 0 bridgehead atoms. The molecule has 0 atom stereocenters. The summed E-state index contributed by atoms with van der Waals surface area (Å²) >= 11 is 5.74. The molecule has 0 aliphatic rings. The smallest absolute Gasteiger partial charge is 0.223 e. The number of fused-ring (bicyclic) bond motifs is 6. The van der Waals surface area contributed by atoms with Crippen LogP contribution in [-0.2, 0) is 12.5 Å². The highest BCUT2D eigenvalue weighted by Crippen LogP contribution is 2.28. The molecule has 0 aliphatic carbocycles. The van der Waals surface area contributed by atoms with Gasteiger partial charge in [0.2, 0.25) is 11.9 Å². The van der Waals surface area contributed by atoms with Gasteiger partial charge in [-0.1, -0.05) is 12.1 Å². The summed E-state index contributed by atoms with van der Waals surface area (Å²) in [5.74, 6) is 2.78. The topological polar surface area (TPSA) is 177 Å². The molecule has 4 heterocycles. The quantitative estimate of drug-likeness (QED) is 0.296. The Labute approximate surface area is 208 Å². The minimum Gasteiger partial charge on any atom is -0.494 e. The number of nitrogens with two attached hydrogens (primary N) is 2. The van der Waals surface area contributed by atoms with Crippen LogP contribution in [0.15, 0.2) is 36.4 Å². The molecule has 184 valence electrons. The zero-order valence-corrected chi connectivity index (χ0v) is 20.0. The molecule has 0 saturated carbocycles. The van der Waals surface area contributed by atoms with Gasteiger partial charge in [-0.2, -0.15) is 9.03 Å². The SMILES string of the molecule is COc1cccc2c1nc(N)n1nc(CCl)nc21.COc1cccc2c1nc(N)n1nc(CO)nc21. The first-order valence-electron chi connectivity index (χ1n) is 10.6. The van der Waals surface area contributed by atoms with Gasteiger partial charge in [-0.15, -0.1) is 21.8 Å². The van der Waals surface area contributed by atoms with Gasteiger partial charge in [0, 0.05) is 10.8 Å². The fourth-order valence-electron chi connectivity index (χ4n) is 3.79. The lowest BCUT2D eigenvalue weighted by Gasteiger charge is -2.06. The fourth-order valence-corrected chi connectivity index (χ4v) is 3.90. The van der Waals surface area contributed by atoms with Crippen molar-refractivity contribution in [2.75, 3.05) is 25.7 Å². The van der Waals surface area contributed by atoms with Crippen LogP contribution in [0.3, 0.4) is 0 Å². The molecular formula is C22H21ClN10O3. The number of aliphatic hydroxyl groups excluding tert-OH is 1. The van der Waals surface area contributed by atoms with Crippen LogP contribution in [0, 0.1) is 0 Å². The fraction of sp³-hybridized carbons (Fsp3) is 0.182. The van der Waals surface area contributed by atoms with Crippen molar-refractivity contribution in [2.24, 2.45) is 0 Å². The van der Waals surface area contributed by atoms with Gasteiger partial charge in [-0.3, -0.25) is 0 Å². The zero-order valence-electron chi connectivity index (χ0n) is 19.3. The van der Waals surface area contributed by atoms with E-state index in [1.165, 1.54) is 9.03 Å². The monoisotopic (exact) mass is 508 g/mol. The second kappa shape index (κ2) is 9.28. The molecule has 0 amide bonds. The summed E-state index contributed by atoms with van der Waals surface area (Å²) in [7, 11) is 3.16. The van der Waals surface area contributed by atoms with Crippen LogP contribution in [-0.4, -0.2) is 58.5 Å². The normalized spacial score (nSPS) is 11.2. The van der Waals surface area contributed by atoms with E-state index in [9.17, 15) is 0 Å². The molecule has 0 fully saturated rings. The van der Waals surface area contributed by atoms with Crippen LogP contribution in [0.1, 0.15) is 11.6 Å². The lowest BCUT2D eigenvalue weighted by Crippen LogP contribution is -2.03. The second-order valence-electron chi connectivity index (χ2n) is 7.47. The van der Waals surface area contributed by atoms with E-state index in [2.05, 4.69) is 30.1 Å². The molecule has 5 N–H and O–H groups in total. The number of alkyl halides is 1. The first kappa shape index (κ1) is 23.3. The van der Waals surface area contributed by atoms with Crippen LogP contribution in [0.25, 0.3) is 33.1 Å². The van der Waals surface area contributed by atoms with E-state index in [0.717, 1.165) is 10.8 Å². The van der Waals surface area contributed by atoms with Crippen molar-refractivity contribution in [2.45, 2.75) is 12.5 Å². The number of hydrogen-bond donors (Lipinski definition) is 3. The van der Waals surface area contributed by atoms with Crippen LogP contribution in [0.2, 0.25) is 0 Å². The maximum absolute atomic E-state index is 9.08. The average Bonchev–Trinajstić information content (AvgIpc) is 3.55. The van der Waals surface area contributed by atoms with Gasteiger partial charge in [0.15, 0.2) is 22.9 Å². The Hall–Kier alpha value is -4.49. The van der Waals surface area contributed by atoms with Gasteiger partial charge in [0.25, 0.3) is 0 Å². The summed E-state index contributed by atoms with van der Waals surface area (Å²) in [5.41, 5.74) is 14.2. The number of nitrogen functional groups attached to an aromatic ring is 2. The van der Waals surface area contributed by atoms with Crippen molar-refractivity contribution < 1.29 is 14.6 Å². The minimum atomic E-state index is -0.243. The molecule has 0 radical (unpaired) electrons. The summed E-state index contributed by atoms with van der Waals surface area (Å²) in [6, 6.07) is 11.1. The molecule has 14 heteroatoms. The first-order valence-corrected chi connectivity index (χ1v) is 11.1. The van der Waals surface area contributed by atoms with Crippen molar-refractivity contribution in [3.05, 3.63) is 48.0 Å². The molecule has 6 rings (SSSR count). The summed E-state index contributed by atoms with van der Waals surface area (Å²) in [6.07, 6.45) is 0. The molecule has 6 aromatic rings. The zero-order chi connectivity index (χ0) is 25.4. The standard InChI is InChI=1S/C11H10ClN5O.C11H11N5O2/c1-18-7-4-2-3-6-9(7)15-11(13)17-10(6)14-8(5-12)16-17;1-18-7-4-2-3-6-9(7)14-11(12)16-10(6)13-8(5-17)15-16/h2-4H,5H2,1H3,(H2,13,15);2-4,17H,5H2,1H3,(H2,12,14). The largest absolute Gasteiger partial charge is 0.494 e. The molecule has 36 heavy (non-hydrogen) atoms. The lowest BCUT2D eigenvalue weighted by molar-refractivity contribution is 0.271. The number of nitrogens with zero attached hydrogens (tertiary/aromatic N) is 8. The number of rotatable bonds is 4. The number of methoxy groups -OCH3 is 2. The summed E-state index contributed by atoms with van der Waals surface area (Å²) in [6.45, 7) is -0.243. The van der Waals surface area contributed by atoms with E-state index in [1.807, 2.05) is 30.3 Å². The predicted molar refractivity (Wildman–Crippen MR) is 134 cm³/mol. The highest BCUT2D eigenvalue weighted by molar-refractivity contribution is 6.16. The number of anilines is 2. The number of hydrogen-bond acceptors (Lipinski definition) is 11. The third-order valence-corrected chi connectivity index (χ3v) is 5.61. The number of ether oxygens (including phenoxy) is 2. The first-order chi connectivity index (χ1) is 17.5. The Morgan fingerprint density at radius 1 is 0.778 bits per heavy atom. The summed E-state index contributed by atoms with van der Waals surface area (Å²) in [4.78, 5) is 17.1. The van der Waals surface area contributed by atoms with Gasteiger partial charge < -0.3 is 26.0 Å². The molecule has 4 aromatic heterocycles. The molecule has 13 nitrogen and oxygen atoms in total. The van der Waals surface area contributed by atoms with Crippen molar-refractivity contribution in [3.8, 4) is 11.5 Å². The maximum Gasteiger partial charge on any atom is 0.223 e. The Balaban J connectivity index is 0.000000148. The lowest BCUT2D eigenvalue weighted by atomic mass is 10.2. The number of aromatic nitrogens is 8. The number of benzene rings is 2. The van der Waals surface area contributed by atoms with Gasteiger partial charge in [0.1, 0.15) is 29.1 Å². The Morgan fingerprint density at radius 3 is 1.69 bits per heavy atom. The van der Waals surface area contributed by atoms with Crippen molar-refractivity contribution in [3.63, 3.8) is 0 Å². The predicted octanol–water partition coefficient (Wildman–Crippen LogP) is 1.97. The van der Waals surface area contributed by atoms with E-state index < -0.39 is 0 Å². The highest BCUT2D eigenvalue weighted by atomic mass is 35.5. The van der Waals surface area contributed by atoms with E-state index >= 15 is 0 Å². The Kier molecular flexibility index (Phi) is 6.00. The molecule has 0 spiro atoms. The van der Waals surface area contributed by atoms with Gasteiger partial charge in [-0.05, 0) is 24.3 Å². The van der Waals surface area contributed by atoms with Gasteiger partial charge in [-0.25, -0.2) is 19.9 Å². The van der Waals surface area contributed by atoms with Crippen LogP contribution >= 0.6 is 11.6 Å². The molecular weight excluding hydrogens is 488 g/mol. The van der Waals surface area contributed by atoms with Crippen LogP contribution in [0.5, 0.6) is 11.5 Å². The third-order valence-electron chi connectivity index (χ3n) is 5.37. The Bertz CT molecular complexity index is 1600. The van der Waals surface area contributed by atoms with E-state index in [1.54, 1.807) is 20.3 Å². The van der Waals surface area contributed by atoms with Crippen LogP contribution < -0.4 is 20.9 Å². The molecule has 0 saturated heterocycles. The average molecular weight is 509 g/mol. The number of halogens is 1. The summed E-state index contributed by atoms with van der Waals surface area (Å²) < 4.78 is 13.4. The number of aliphatic hydroxyl groups is 1. The molecule has 0 aliphatic heterocycles. The van der Waals surface area contributed by atoms with E-state index in [0.29, 0.717) is 45.5 Å². The highest BCUT2D eigenvalue weighted by Gasteiger charge is 2.15.